The monoisotopic (exact) mass is 458 g/mol. The number of rotatable bonds is 6. The van der Waals surface area contributed by atoms with Crippen LogP contribution in [0, 0.1) is 11.3 Å². The summed E-state index contributed by atoms with van der Waals surface area (Å²) in [5, 5.41) is 12.3. The summed E-state index contributed by atoms with van der Waals surface area (Å²) in [4.78, 5) is 4.37. The third-order valence-corrected chi connectivity index (χ3v) is 6.53. The molecule has 33 heavy (non-hydrogen) atoms. The maximum absolute atomic E-state index is 13.3. The third kappa shape index (κ3) is 5.98. The van der Waals surface area contributed by atoms with Gasteiger partial charge in [0.1, 0.15) is 12.4 Å². The van der Waals surface area contributed by atoms with E-state index in [0.29, 0.717) is 31.3 Å². The number of nitrogens with zero attached hydrogens (tertiary/aromatic N) is 3. The van der Waals surface area contributed by atoms with Gasteiger partial charge in [-0.3, -0.25) is 4.90 Å². The maximum Gasteiger partial charge on any atom is 0.417 e. The van der Waals surface area contributed by atoms with E-state index in [1.807, 2.05) is 17.0 Å². The normalized spacial score (nSPS) is 18.2. The molecule has 0 saturated carbocycles. The van der Waals surface area contributed by atoms with E-state index >= 15 is 0 Å². The van der Waals surface area contributed by atoms with Gasteiger partial charge in [-0.15, -0.1) is 0 Å². The Hall–Kier alpha value is -2.76. The van der Waals surface area contributed by atoms with Crippen molar-refractivity contribution in [1.29, 1.82) is 5.26 Å². The fourth-order valence-electron chi connectivity index (χ4n) is 4.60. The molecule has 0 aromatic heterocycles. The van der Waals surface area contributed by atoms with Crippen LogP contribution in [0.5, 0.6) is 5.75 Å². The molecule has 0 bridgehead atoms. The summed E-state index contributed by atoms with van der Waals surface area (Å²) < 4.78 is 45.8. The molecular formula is C25H29F3N4O. The van der Waals surface area contributed by atoms with E-state index in [1.165, 1.54) is 11.6 Å². The number of anilines is 1. The van der Waals surface area contributed by atoms with Gasteiger partial charge in [-0.25, -0.2) is 0 Å². The van der Waals surface area contributed by atoms with Crippen LogP contribution in [0.1, 0.15) is 35.4 Å². The predicted molar refractivity (Wildman–Crippen MR) is 122 cm³/mol. The number of nitrogens with one attached hydrogen (secondary N) is 1. The molecule has 0 radical (unpaired) electrons. The Bertz CT molecular complexity index is 957. The molecular weight excluding hydrogens is 429 g/mol. The molecule has 2 aliphatic heterocycles. The summed E-state index contributed by atoms with van der Waals surface area (Å²) in [5.74, 6) is 1.24. The second-order valence-electron chi connectivity index (χ2n) is 8.61. The molecule has 2 saturated heterocycles. The summed E-state index contributed by atoms with van der Waals surface area (Å²) in [7, 11) is 0. The first-order valence-electron chi connectivity index (χ1n) is 11.5. The minimum atomic E-state index is -4.53. The van der Waals surface area contributed by atoms with Crippen molar-refractivity contribution in [3.63, 3.8) is 0 Å². The van der Waals surface area contributed by atoms with Crippen LogP contribution in [0.2, 0.25) is 0 Å². The molecule has 0 aliphatic carbocycles. The first-order valence-corrected chi connectivity index (χ1v) is 11.5. The Morgan fingerprint density at radius 3 is 2.33 bits per heavy atom. The van der Waals surface area contributed by atoms with Crippen LogP contribution < -0.4 is 15.0 Å². The van der Waals surface area contributed by atoms with Crippen molar-refractivity contribution in [3.8, 4) is 11.8 Å². The van der Waals surface area contributed by atoms with Crippen molar-refractivity contribution in [2.24, 2.45) is 0 Å². The SMILES string of the molecule is N#Cc1ccc(N2CCC(c3ccc(OCCN4CCNCC4)cc3)CC2)cc1C(F)(F)F. The van der Waals surface area contributed by atoms with Gasteiger partial charge in [-0.2, -0.15) is 18.4 Å². The zero-order chi connectivity index (χ0) is 23.3. The zero-order valence-corrected chi connectivity index (χ0v) is 18.6. The van der Waals surface area contributed by atoms with Crippen LogP contribution in [0.4, 0.5) is 18.9 Å². The number of hydrogen-bond acceptors (Lipinski definition) is 5. The first kappa shape index (κ1) is 23.4. The van der Waals surface area contributed by atoms with E-state index in [0.717, 1.165) is 57.4 Å². The third-order valence-electron chi connectivity index (χ3n) is 6.53. The van der Waals surface area contributed by atoms with Gasteiger partial charge in [0, 0.05) is 51.5 Å². The van der Waals surface area contributed by atoms with Gasteiger partial charge >= 0.3 is 6.18 Å². The van der Waals surface area contributed by atoms with Crippen LogP contribution in [0.3, 0.4) is 0 Å². The molecule has 2 heterocycles. The maximum atomic E-state index is 13.3. The molecule has 2 aliphatic rings. The number of hydrogen-bond donors (Lipinski definition) is 1. The molecule has 2 fully saturated rings. The number of piperidine rings is 1. The van der Waals surface area contributed by atoms with Crippen molar-refractivity contribution >= 4 is 5.69 Å². The van der Waals surface area contributed by atoms with E-state index in [9.17, 15) is 13.2 Å². The highest BCUT2D eigenvalue weighted by Gasteiger charge is 2.34. The lowest BCUT2D eigenvalue weighted by Crippen LogP contribution is -2.44. The minimum Gasteiger partial charge on any atom is -0.492 e. The van der Waals surface area contributed by atoms with Gasteiger partial charge in [-0.1, -0.05) is 12.1 Å². The molecule has 0 spiro atoms. The van der Waals surface area contributed by atoms with E-state index in [4.69, 9.17) is 10.00 Å². The highest BCUT2D eigenvalue weighted by atomic mass is 19.4. The molecule has 0 unspecified atom stereocenters. The van der Waals surface area contributed by atoms with E-state index in [2.05, 4.69) is 22.3 Å². The summed E-state index contributed by atoms with van der Waals surface area (Å²) in [6.45, 7) is 7.12. The molecule has 0 amide bonds. The average Bonchev–Trinajstić information content (AvgIpc) is 2.84. The highest BCUT2D eigenvalue weighted by molar-refractivity contribution is 5.55. The molecule has 2 aromatic rings. The molecule has 5 nitrogen and oxygen atoms in total. The topological polar surface area (TPSA) is 51.5 Å². The highest BCUT2D eigenvalue weighted by Crippen LogP contribution is 2.36. The van der Waals surface area contributed by atoms with Gasteiger partial charge in [-0.05, 0) is 54.7 Å². The van der Waals surface area contributed by atoms with Crippen LogP contribution in [-0.2, 0) is 6.18 Å². The van der Waals surface area contributed by atoms with Crippen molar-refractivity contribution in [2.45, 2.75) is 24.9 Å². The average molecular weight is 459 g/mol. The summed E-state index contributed by atoms with van der Waals surface area (Å²) in [6, 6.07) is 13.8. The Morgan fingerprint density at radius 2 is 1.70 bits per heavy atom. The Kier molecular flexibility index (Phi) is 7.41. The van der Waals surface area contributed by atoms with Gasteiger partial charge in [0.25, 0.3) is 0 Å². The van der Waals surface area contributed by atoms with Crippen molar-refractivity contribution in [3.05, 3.63) is 59.2 Å². The first-order chi connectivity index (χ1) is 15.9. The predicted octanol–water partition coefficient (Wildman–Crippen LogP) is 4.25. The number of benzene rings is 2. The standard InChI is InChI=1S/C25H29F3N4O/c26-25(27,28)24-17-22(4-1-21(24)18-29)32-11-7-20(8-12-32)19-2-5-23(6-3-19)33-16-15-31-13-9-30-10-14-31/h1-6,17,20,30H,7-16H2. The zero-order valence-electron chi connectivity index (χ0n) is 18.6. The molecule has 0 atom stereocenters. The number of nitriles is 1. The van der Waals surface area contributed by atoms with E-state index in [1.54, 1.807) is 12.1 Å². The van der Waals surface area contributed by atoms with Crippen molar-refractivity contribution in [2.75, 3.05) is 57.3 Å². The van der Waals surface area contributed by atoms with E-state index in [-0.39, 0.29) is 5.56 Å². The fourth-order valence-corrected chi connectivity index (χ4v) is 4.60. The molecule has 4 rings (SSSR count). The lowest BCUT2D eigenvalue weighted by Gasteiger charge is -2.34. The van der Waals surface area contributed by atoms with Crippen LogP contribution in [0.25, 0.3) is 0 Å². The lowest BCUT2D eigenvalue weighted by atomic mass is 9.89. The smallest absolute Gasteiger partial charge is 0.417 e. The summed E-state index contributed by atoms with van der Waals surface area (Å²) >= 11 is 0. The summed E-state index contributed by atoms with van der Waals surface area (Å²) in [6.07, 6.45) is -2.80. The Labute approximate surface area is 192 Å². The second-order valence-corrected chi connectivity index (χ2v) is 8.61. The molecule has 1 N–H and O–H groups in total. The van der Waals surface area contributed by atoms with Crippen LogP contribution >= 0.6 is 0 Å². The quantitative estimate of drug-likeness (QED) is 0.702. The number of ether oxygens (including phenoxy) is 1. The van der Waals surface area contributed by atoms with Gasteiger partial charge in [0.15, 0.2) is 0 Å². The molecule has 8 heteroatoms. The van der Waals surface area contributed by atoms with Crippen molar-refractivity contribution in [1.82, 2.24) is 10.2 Å². The van der Waals surface area contributed by atoms with Crippen LogP contribution in [-0.4, -0.2) is 57.3 Å². The Balaban J connectivity index is 1.29. The summed E-state index contributed by atoms with van der Waals surface area (Å²) in [5.41, 5.74) is 0.557. The minimum absolute atomic E-state index is 0.337. The largest absolute Gasteiger partial charge is 0.492 e. The number of alkyl halides is 3. The number of halogens is 3. The second kappa shape index (κ2) is 10.4. The molecule has 176 valence electrons. The van der Waals surface area contributed by atoms with E-state index < -0.39 is 11.7 Å². The van der Waals surface area contributed by atoms with Crippen molar-refractivity contribution < 1.29 is 17.9 Å². The Morgan fingerprint density at radius 1 is 1.00 bits per heavy atom. The van der Waals surface area contributed by atoms with Gasteiger partial charge < -0.3 is 15.0 Å². The van der Waals surface area contributed by atoms with Crippen LogP contribution in [0.15, 0.2) is 42.5 Å². The lowest BCUT2D eigenvalue weighted by molar-refractivity contribution is -0.137. The number of piperazine rings is 1. The van der Waals surface area contributed by atoms with Gasteiger partial charge in [0.05, 0.1) is 17.2 Å². The fraction of sp³-hybridized carbons (Fsp3) is 0.480. The van der Waals surface area contributed by atoms with Gasteiger partial charge in [0.2, 0.25) is 0 Å². The molecule has 2 aromatic carbocycles.